The number of likely N-dealkylation sites (tertiary alicyclic amines) is 1. The fourth-order valence-electron chi connectivity index (χ4n) is 3.97. The molecule has 3 aromatic rings. The highest BCUT2D eigenvalue weighted by molar-refractivity contribution is 5.94. The molecule has 8 nitrogen and oxygen atoms in total. The van der Waals surface area contributed by atoms with Gasteiger partial charge in [0.05, 0.1) is 16.9 Å². The molecule has 31 heavy (non-hydrogen) atoms. The predicted molar refractivity (Wildman–Crippen MR) is 122 cm³/mol. The third-order valence-corrected chi connectivity index (χ3v) is 5.74. The highest BCUT2D eigenvalue weighted by Crippen LogP contribution is 2.22. The van der Waals surface area contributed by atoms with Crippen LogP contribution in [-0.4, -0.2) is 47.8 Å². The van der Waals surface area contributed by atoms with Crippen LogP contribution in [0.3, 0.4) is 0 Å². The first-order chi connectivity index (χ1) is 15.1. The van der Waals surface area contributed by atoms with Crippen molar-refractivity contribution in [2.75, 3.05) is 31.8 Å². The molecule has 0 unspecified atom stereocenters. The van der Waals surface area contributed by atoms with Crippen molar-refractivity contribution < 1.29 is 9.53 Å². The van der Waals surface area contributed by atoms with Gasteiger partial charge in [0, 0.05) is 44.0 Å². The van der Waals surface area contributed by atoms with E-state index < -0.39 is 0 Å². The zero-order valence-corrected chi connectivity index (χ0v) is 17.6. The van der Waals surface area contributed by atoms with Crippen LogP contribution in [0, 0.1) is 5.92 Å². The number of nitrogens with zero attached hydrogens (tertiary/aromatic N) is 3. The summed E-state index contributed by atoms with van der Waals surface area (Å²) in [4.78, 5) is 14.7. The van der Waals surface area contributed by atoms with Crippen molar-refractivity contribution in [1.29, 1.82) is 0 Å². The van der Waals surface area contributed by atoms with E-state index >= 15 is 0 Å². The van der Waals surface area contributed by atoms with Crippen molar-refractivity contribution in [2.24, 2.45) is 17.5 Å². The molecule has 4 rings (SSSR count). The highest BCUT2D eigenvalue weighted by Gasteiger charge is 2.23. The lowest BCUT2D eigenvalue weighted by molar-refractivity contribution is 0.0613. The molecular formula is C23H28N6O2. The molecule has 0 spiro atoms. The number of nitrogens with one attached hydrogen (secondary N) is 1. The second kappa shape index (κ2) is 9.20. The Morgan fingerprint density at radius 1 is 1.23 bits per heavy atom. The number of fused-ring (bicyclic) bond motifs is 1. The smallest absolute Gasteiger partial charge is 0.253 e. The van der Waals surface area contributed by atoms with Crippen LogP contribution in [0.1, 0.15) is 28.9 Å². The summed E-state index contributed by atoms with van der Waals surface area (Å²) in [6.07, 6.45) is 3.57. The number of anilines is 1. The Morgan fingerprint density at radius 2 is 1.94 bits per heavy atom. The van der Waals surface area contributed by atoms with E-state index in [-0.39, 0.29) is 5.91 Å². The van der Waals surface area contributed by atoms with Crippen LogP contribution in [0.25, 0.3) is 16.6 Å². The molecule has 1 fully saturated rings. The van der Waals surface area contributed by atoms with Crippen molar-refractivity contribution in [3.63, 3.8) is 0 Å². The number of hydrogen-bond acceptors (Lipinski definition) is 6. The average Bonchev–Trinajstić information content (AvgIpc) is 3.24. The second-order valence-corrected chi connectivity index (χ2v) is 7.85. The van der Waals surface area contributed by atoms with Crippen LogP contribution in [0.5, 0.6) is 0 Å². The van der Waals surface area contributed by atoms with E-state index in [1.165, 1.54) is 5.01 Å². The Morgan fingerprint density at radius 3 is 2.65 bits per heavy atom. The Kier molecular flexibility index (Phi) is 6.20. The number of piperidine rings is 1. The number of aromatic amines is 1. The van der Waals surface area contributed by atoms with Gasteiger partial charge >= 0.3 is 0 Å². The summed E-state index contributed by atoms with van der Waals surface area (Å²) >= 11 is 0. The van der Waals surface area contributed by atoms with Gasteiger partial charge in [0.15, 0.2) is 0 Å². The number of aromatic nitrogens is 2. The summed E-state index contributed by atoms with van der Waals surface area (Å²) in [5.74, 6) is 6.77. The maximum atomic E-state index is 12.8. The fourth-order valence-corrected chi connectivity index (χ4v) is 3.97. The quantitative estimate of drug-likeness (QED) is 0.417. The first kappa shape index (κ1) is 20.9. The van der Waals surface area contributed by atoms with E-state index in [1.54, 1.807) is 25.4 Å². The number of hydrazine groups is 1. The molecule has 2 heterocycles. The number of methoxy groups -OCH3 is 1. The predicted octanol–water partition coefficient (Wildman–Crippen LogP) is 2.70. The first-order valence-corrected chi connectivity index (χ1v) is 10.4. The lowest BCUT2D eigenvalue weighted by atomic mass is 9.97. The molecule has 1 saturated heterocycles. The van der Waals surface area contributed by atoms with Crippen molar-refractivity contribution in [1.82, 2.24) is 15.1 Å². The molecule has 0 atom stereocenters. The number of ether oxygens (including phenoxy) is 1. The summed E-state index contributed by atoms with van der Waals surface area (Å²) in [5.41, 5.74) is 9.61. The van der Waals surface area contributed by atoms with Gasteiger partial charge < -0.3 is 15.4 Å². The number of nitrogens with two attached hydrogens (primary N) is 2. The molecule has 0 bridgehead atoms. The number of amides is 1. The molecule has 0 saturated carbocycles. The van der Waals surface area contributed by atoms with Crippen LogP contribution in [0.15, 0.2) is 54.7 Å². The van der Waals surface area contributed by atoms with Gasteiger partial charge in [-0.3, -0.25) is 14.9 Å². The summed E-state index contributed by atoms with van der Waals surface area (Å²) in [6, 6.07) is 15.0. The molecule has 162 valence electrons. The second-order valence-electron chi connectivity index (χ2n) is 7.85. The molecule has 1 aliphatic rings. The van der Waals surface area contributed by atoms with Crippen LogP contribution < -0.4 is 16.6 Å². The van der Waals surface area contributed by atoms with Gasteiger partial charge in [-0.25, -0.2) is 5.84 Å². The van der Waals surface area contributed by atoms with Crippen molar-refractivity contribution in [2.45, 2.75) is 12.8 Å². The Balaban J connectivity index is 1.43. The largest absolute Gasteiger partial charge is 0.396 e. The zero-order chi connectivity index (χ0) is 21.8. The van der Waals surface area contributed by atoms with Gasteiger partial charge in [0.25, 0.3) is 5.91 Å². The van der Waals surface area contributed by atoms with Crippen molar-refractivity contribution >= 4 is 28.2 Å². The molecule has 1 aliphatic heterocycles. The topological polar surface area (TPSA) is 114 Å². The lowest BCUT2D eigenvalue weighted by Crippen LogP contribution is -2.39. The zero-order valence-electron chi connectivity index (χ0n) is 17.6. The molecule has 8 heteroatoms. The minimum Gasteiger partial charge on any atom is -0.396 e. The number of benzene rings is 2. The minimum atomic E-state index is 0.0454. The monoisotopic (exact) mass is 420 g/mol. The number of para-hydroxylation sites is 1. The van der Waals surface area contributed by atoms with Crippen LogP contribution in [0.4, 0.5) is 5.69 Å². The van der Waals surface area contributed by atoms with E-state index in [9.17, 15) is 4.79 Å². The normalized spacial score (nSPS) is 15.4. The van der Waals surface area contributed by atoms with Crippen LogP contribution >= 0.6 is 0 Å². The molecule has 5 N–H and O–H groups in total. The standard InChI is InChI=1S/C23H28N6O2/c1-31-15-16-10-12-28(13-11-16)23(30)17-6-8-18(9-7-17)29(25)14-20(24)22-19-4-2-3-5-21(19)26-27-22/h2-9,14,16H,10-13,15,24-25H2,1H3,(H,26,27)/b20-14-. The number of carbonyl (C=O) groups is 1. The molecule has 0 aliphatic carbocycles. The Labute approximate surface area is 181 Å². The van der Waals surface area contributed by atoms with Crippen LogP contribution in [-0.2, 0) is 4.74 Å². The maximum absolute atomic E-state index is 12.8. The number of H-pyrrole nitrogens is 1. The third kappa shape index (κ3) is 4.55. The highest BCUT2D eigenvalue weighted by atomic mass is 16.5. The van der Waals surface area contributed by atoms with E-state index in [0.29, 0.717) is 22.9 Å². The fraction of sp³-hybridized carbons (Fsp3) is 0.304. The Hall–Kier alpha value is -3.36. The number of carbonyl (C=O) groups excluding carboxylic acids is 1. The molecule has 2 aromatic carbocycles. The summed E-state index contributed by atoms with van der Waals surface area (Å²) in [7, 11) is 1.72. The minimum absolute atomic E-state index is 0.0454. The van der Waals surface area contributed by atoms with Gasteiger partial charge in [-0.1, -0.05) is 18.2 Å². The summed E-state index contributed by atoms with van der Waals surface area (Å²) < 4.78 is 5.23. The third-order valence-electron chi connectivity index (χ3n) is 5.74. The lowest BCUT2D eigenvalue weighted by Gasteiger charge is -2.31. The van der Waals surface area contributed by atoms with Gasteiger partial charge in [-0.2, -0.15) is 5.10 Å². The average molecular weight is 421 g/mol. The molecular weight excluding hydrogens is 392 g/mol. The summed E-state index contributed by atoms with van der Waals surface area (Å²) in [5, 5.41) is 9.62. The van der Waals surface area contributed by atoms with Gasteiger partial charge in [0.2, 0.25) is 0 Å². The molecule has 0 radical (unpaired) electrons. The first-order valence-electron chi connectivity index (χ1n) is 10.4. The van der Waals surface area contributed by atoms with Gasteiger partial charge in [-0.15, -0.1) is 0 Å². The van der Waals surface area contributed by atoms with Gasteiger partial charge in [-0.05, 0) is 49.1 Å². The van der Waals surface area contributed by atoms with Crippen LogP contribution in [0.2, 0.25) is 0 Å². The van der Waals surface area contributed by atoms with E-state index in [1.807, 2.05) is 41.3 Å². The van der Waals surface area contributed by atoms with E-state index in [2.05, 4.69) is 10.2 Å². The van der Waals surface area contributed by atoms with E-state index in [4.69, 9.17) is 16.3 Å². The molecule has 1 aromatic heterocycles. The van der Waals surface area contributed by atoms with E-state index in [0.717, 1.165) is 49.1 Å². The Bertz CT molecular complexity index is 1070. The maximum Gasteiger partial charge on any atom is 0.253 e. The number of rotatable bonds is 6. The summed E-state index contributed by atoms with van der Waals surface area (Å²) in [6.45, 7) is 2.27. The van der Waals surface area contributed by atoms with Crippen molar-refractivity contribution in [3.05, 3.63) is 66.0 Å². The SMILES string of the molecule is COCC1CCN(C(=O)c2ccc(N(N)/C=C(\N)c3n[nH]c4ccccc34)cc2)CC1. The van der Waals surface area contributed by atoms with Crippen molar-refractivity contribution in [3.8, 4) is 0 Å². The molecule has 1 amide bonds. The number of hydrogen-bond donors (Lipinski definition) is 3. The van der Waals surface area contributed by atoms with Gasteiger partial charge in [0.1, 0.15) is 5.69 Å².